The molecule has 0 radical (unpaired) electrons. The van der Waals surface area contributed by atoms with Crippen molar-refractivity contribution in [1.82, 2.24) is 10.2 Å². The third-order valence-electron chi connectivity index (χ3n) is 5.09. The van der Waals surface area contributed by atoms with E-state index in [1.54, 1.807) is 0 Å². The number of nitrogens with zero attached hydrogens (tertiary/aromatic N) is 1. The smallest absolute Gasteiger partial charge is 0.220 e. The number of morpholine rings is 1. The molecule has 2 aliphatic rings. The van der Waals surface area contributed by atoms with E-state index in [0.29, 0.717) is 6.42 Å². The van der Waals surface area contributed by atoms with Gasteiger partial charge < -0.3 is 10.1 Å². The monoisotopic (exact) mass is 296 g/mol. The predicted molar refractivity (Wildman–Crippen MR) is 85.3 cm³/mol. The quantitative estimate of drug-likeness (QED) is 0.819. The van der Waals surface area contributed by atoms with Crippen molar-refractivity contribution >= 4 is 5.91 Å². The average molecular weight is 296 g/mol. The van der Waals surface area contributed by atoms with E-state index in [4.69, 9.17) is 4.74 Å². The number of nitrogens with one attached hydrogen (secondary N) is 1. The molecule has 1 saturated heterocycles. The van der Waals surface area contributed by atoms with Crippen LogP contribution in [0.15, 0.2) is 0 Å². The first-order valence-electron chi connectivity index (χ1n) is 8.67. The molecule has 1 heterocycles. The van der Waals surface area contributed by atoms with Crippen molar-refractivity contribution in [2.24, 2.45) is 5.92 Å². The molecule has 1 aliphatic heterocycles. The first-order valence-corrected chi connectivity index (χ1v) is 8.67. The van der Waals surface area contributed by atoms with Crippen LogP contribution in [-0.4, -0.2) is 49.2 Å². The maximum atomic E-state index is 12.1. The molecule has 2 fully saturated rings. The topological polar surface area (TPSA) is 41.6 Å². The lowest BCUT2D eigenvalue weighted by Crippen LogP contribution is -2.55. The normalized spacial score (nSPS) is 22.2. The summed E-state index contributed by atoms with van der Waals surface area (Å²) in [4.78, 5) is 14.5. The Morgan fingerprint density at radius 2 is 1.86 bits per heavy atom. The van der Waals surface area contributed by atoms with Crippen LogP contribution < -0.4 is 5.32 Å². The van der Waals surface area contributed by atoms with Gasteiger partial charge in [-0.3, -0.25) is 9.69 Å². The molecule has 0 aromatic heterocycles. The zero-order chi connectivity index (χ0) is 15.1. The Labute approximate surface area is 129 Å². The lowest BCUT2D eigenvalue weighted by atomic mass is 9.86. The molecule has 4 heteroatoms. The number of ether oxygens (including phenoxy) is 1. The number of rotatable bonds is 6. The Hall–Kier alpha value is -0.610. The lowest BCUT2D eigenvalue weighted by Gasteiger charge is -2.40. The van der Waals surface area contributed by atoms with Gasteiger partial charge in [0.1, 0.15) is 0 Å². The summed E-state index contributed by atoms with van der Waals surface area (Å²) < 4.78 is 5.40. The Morgan fingerprint density at radius 3 is 2.52 bits per heavy atom. The average Bonchev–Trinajstić information content (AvgIpc) is 2.53. The molecule has 0 atom stereocenters. The summed E-state index contributed by atoms with van der Waals surface area (Å²) in [6, 6.07) is 0. The van der Waals surface area contributed by atoms with Crippen LogP contribution in [0.25, 0.3) is 0 Å². The zero-order valence-corrected chi connectivity index (χ0v) is 13.8. The van der Waals surface area contributed by atoms with Crippen molar-refractivity contribution in [1.29, 1.82) is 0 Å². The van der Waals surface area contributed by atoms with Gasteiger partial charge in [-0.05, 0) is 26.2 Å². The highest BCUT2D eigenvalue weighted by molar-refractivity contribution is 5.75. The second-order valence-electron chi connectivity index (χ2n) is 7.23. The Morgan fingerprint density at radius 1 is 1.19 bits per heavy atom. The van der Waals surface area contributed by atoms with Gasteiger partial charge in [0.25, 0.3) is 0 Å². The number of hydrogen-bond acceptors (Lipinski definition) is 3. The fraction of sp³-hybridized carbons (Fsp3) is 0.941. The summed E-state index contributed by atoms with van der Waals surface area (Å²) >= 11 is 0. The number of hydrogen-bond donors (Lipinski definition) is 1. The highest BCUT2D eigenvalue weighted by Crippen LogP contribution is 2.27. The van der Waals surface area contributed by atoms with E-state index in [1.807, 2.05) is 0 Å². The van der Waals surface area contributed by atoms with E-state index < -0.39 is 0 Å². The van der Waals surface area contributed by atoms with E-state index in [2.05, 4.69) is 24.1 Å². The van der Waals surface area contributed by atoms with Crippen molar-refractivity contribution in [3.05, 3.63) is 0 Å². The van der Waals surface area contributed by atoms with Crippen molar-refractivity contribution in [3.63, 3.8) is 0 Å². The van der Waals surface area contributed by atoms with Gasteiger partial charge in [0.05, 0.1) is 13.2 Å². The number of carbonyl (C=O) groups excluding carboxylic acids is 1. The van der Waals surface area contributed by atoms with Crippen LogP contribution in [0.4, 0.5) is 0 Å². The second-order valence-corrected chi connectivity index (χ2v) is 7.23. The van der Waals surface area contributed by atoms with E-state index >= 15 is 0 Å². The summed E-state index contributed by atoms with van der Waals surface area (Å²) in [6.07, 6.45) is 8.52. The minimum Gasteiger partial charge on any atom is -0.379 e. The van der Waals surface area contributed by atoms with Crippen molar-refractivity contribution in [2.45, 2.75) is 64.3 Å². The molecule has 21 heavy (non-hydrogen) atoms. The third kappa shape index (κ3) is 5.59. The standard InChI is InChI=1S/C17H32N2O2/c1-17(2,19-10-12-21-13-11-19)14-18-16(20)9-8-15-6-4-3-5-7-15/h15H,3-14H2,1-2H3,(H,18,20). The Bertz CT molecular complexity index is 319. The molecule has 0 bridgehead atoms. The molecule has 0 unspecified atom stereocenters. The zero-order valence-electron chi connectivity index (χ0n) is 13.8. The van der Waals surface area contributed by atoms with Gasteiger partial charge in [0.2, 0.25) is 5.91 Å². The van der Waals surface area contributed by atoms with Gasteiger partial charge in [-0.1, -0.05) is 32.1 Å². The van der Waals surface area contributed by atoms with E-state index in [0.717, 1.165) is 45.2 Å². The molecule has 4 nitrogen and oxygen atoms in total. The first kappa shape index (κ1) is 16.8. The van der Waals surface area contributed by atoms with E-state index in [1.165, 1.54) is 32.1 Å². The molecule has 1 amide bonds. The Kier molecular flexibility index (Phi) is 6.49. The number of amides is 1. The van der Waals surface area contributed by atoms with Gasteiger partial charge in [0, 0.05) is 31.6 Å². The molecule has 0 aromatic rings. The minimum atomic E-state index is 0.0181. The fourth-order valence-electron chi connectivity index (χ4n) is 3.49. The largest absolute Gasteiger partial charge is 0.379 e. The van der Waals surface area contributed by atoms with Gasteiger partial charge >= 0.3 is 0 Å². The summed E-state index contributed by atoms with van der Waals surface area (Å²) in [5, 5.41) is 3.14. The highest BCUT2D eigenvalue weighted by atomic mass is 16.5. The van der Waals surface area contributed by atoms with E-state index in [9.17, 15) is 4.79 Å². The summed E-state index contributed by atoms with van der Waals surface area (Å²) in [5.74, 6) is 1.01. The predicted octanol–water partition coefficient (Wildman–Crippen LogP) is 2.57. The van der Waals surface area contributed by atoms with Crippen LogP contribution in [0.3, 0.4) is 0 Å². The van der Waals surface area contributed by atoms with Crippen LogP contribution in [0.5, 0.6) is 0 Å². The van der Waals surface area contributed by atoms with Crippen LogP contribution in [-0.2, 0) is 9.53 Å². The van der Waals surface area contributed by atoms with Gasteiger partial charge in [-0.2, -0.15) is 0 Å². The molecule has 122 valence electrons. The van der Waals surface area contributed by atoms with Gasteiger partial charge in [0.15, 0.2) is 0 Å². The van der Waals surface area contributed by atoms with Crippen LogP contribution in [0.1, 0.15) is 58.8 Å². The SMILES string of the molecule is CC(C)(CNC(=O)CCC1CCCCC1)N1CCOCC1. The van der Waals surface area contributed by atoms with Crippen molar-refractivity contribution in [2.75, 3.05) is 32.8 Å². The van der Waals surface area contributed by atoms with Crippen molar-refractivity contribution in [3.8, 4) is 0 Å². The first-order chi connectivity index (χ1) is 10.1. The lowest BCUT2D eigenvalue weighted by molar-refractivity contribution is -0.122. The molecule has 0 spiro atoms. The van der Waals surface area contributed by atoms with E-state index in [-0.39, 0.29) is 11.4 Å². The molecule has 1 aliphatic carbocycles. The van der Waals surface area contributed by atoms with Gasteiger partial charge in [-0.25, -0.2) is 0 Å². The minimum absolute atomic E-state index is 0.0181. The highest BCUT2D eigenvalue weighted by Gasteiger charge is 2.28. The Balaban J connectivity index is 1.64. The third-order valence-corrected chi connectivity index (χ3v) is 5.09. The number of carbonyl (C=O) groups is 1. The van der Waals surface area contributed by atoms with Crippen LogP contribution in [0, 0.1) is 5.92 Å². The molecular weight excluding hydrogens is 264 g/mol. The van der Waals surface area contributed by atoms with Gasteiger partial charge in [-0.15, -0.1) is 0 Å². The van der Waals surface area contributed by atoms with Crippen molar-refractivity contribution < 1.29 is 9.53 Å². The second kappa shape index (κ2) is 8.14. The summed E-state index contributed by atoms with van der Waals surface area (Å²) in [5.41, 5.74) is 0.0181. The maximum absolute atomic E-state index is 12.1. The fourth-order valence-corrected chi connectivity index (χ4v) is 3.49. The van der Waals surface area contributed by atoms with Crippen LogP contribution >= 0.6 is 0 Å². The van der Waals surface area contributed by atoms with Crippen LogP contribution in [0.2, 0.25) is 0 Å². The maximum Gasteiger partial charge on any atom is 0.220 e. The molecule has 0 aromatic carbocycles. The molecule has 1 N–H and O–H groups in total. The summed E-state index contributed by atoms with van der Waals surface area (Å²) in [7, 11) is 0. The molecule has 2 rings (SSSR count). The molecule has 1 saturated carbocycles. The molecular formula is C17H32N2O2. The summed E-state index contributed by atoms with van der Waals surface area (Å²) in [6.45, 7) is 8.68.